The van der Waals surface area contributed by atoms with Crippen molar-refractivity contribution in [2.45, 2.75) is 43.3 Å². The molecule has 1 rings (SSSR count). The number of rotatable bonds is 1. The molecule has 0 N–H and O–H groups in total. The highest BCUT2D eigenvalue weighted by atomic mass is 35.5. The summed E-state index contributed by atoms with van der Waals surface area (Å²) >= 11 is 4.93. The molecule has 0 fully saturated rings. The molecule has 112 valence electrons. The van der Waals surface area contributed by atoms with Gasteiger partial charge in [-0.1, -0.05) is 31.2 Å². The molecule has 10 heteroatoms. The summed E-state index contributed by atoms with van der Waals surface area (Å²) < 4.78 is 106. The summed E-state index contributed by atoms with van der Waals surface area (Å²) in [4.78, 5) is 0. The van der Waals surface area contributed by atoms with Crippen LogP contribution in [0.5, 0.6) is 0 Å². The van der Waals surface area contributed by atoms with Crippen LogP contribution in [0, 0.1) is 0 Å². The van der Waals surface area contributed by atoms with Crippen molar-refractivity contribution in [1.82, 2.24) is 0 Å². The minimum Gasteiger partial charge on any atom is -0.195 e. The standard InChI is InChI=1S/C9H9ClF8Si/c1-19(2,3)5-4(10)6(11,12)8(15,16)9(17,18)7(5,13)14/h1-3H3. The van der Waals surface area contributed by atoms with Crippen LogP contribution in [-0.2, 0) is 0 Å². The predicted molar refractivity (Wildman–Crippen MR) is 56.0 cm³/mol. The first-order valence-electron chi connectivity index (χ1n) is 4.95. The number of alkyl halides is 8. The van der Waals surface area contributed by atoms with Gasteiger partial charge in [-0.2, -0.15) is 35.1 Å². The zero-order chi connectivity index (χ0) is 15.7. The first-order valence-corrected chi connectivity index (χ1v) is 8.83. The lowest BCUT2D eigenvalue weighted by molar-refractivity contribution is -0.355. The summed E-state index contributed by atoms with van der Waals surface area (Å²) in [6, 6.07) is 0. The van der Waals surface area contributed by atoms with E-state index in [-0.39, 0.29) is 0 Å². The van der Waals surface area contributed by atoms with Crippen LogP contribution in [0.4, 0.5) is 35.1 Å². The van der Waals surface area contributed by atoms with Gasteiger partial charge in [0.1, 0.15) is 0 Å². The van der Waals surface area contributed by atoms with Gasteiger partial charge in [0.05, 0.1) is 13.1 Å². The van der Waals surface area contributed by atoms with Gasteiger partial charge < -0.3 is 0 Å². The van der Waals surface area contributed by atoms with Gasteiger partial charge in [0.15, 0.2) is 0 Å². The molecule has 19 heavy (non-hydrogen) atoms. The lowest BCUT2D eigenvalue weighted by Crippen LogP contribution is -2.68. The minimum absolute atomic E-state index is 1.04. The fourth-order valence-corrected chi connectivity index (χ4v) is 4.79. The first kappa shape index (κ1) is 16.7. The van der Waals surface area contributed by atoms with Crippen molar-refractivity contribution in [2.24, 2.45) is 0 Å². The molecule has 0 amide bonds. The molecule has 0 bridgehead atoms. The molecule has 0 radical (unpaired) electrons. The molecule has 0 aromatic heterocycles. The maximum atomic E-state index is 13.6. The van der Waals surface area contributed by atoms with Crippen molar-refractivity contribution < 1.29 is 35.1 Å². The fourth-order valence-electron chi connectivity index (χ4n) is 1.78. The van der Waals surface area contributed by atoms with Crippen molar-refractivity contribution in [1.29, 1.82) is 0 Å². The van der Waals surface area contributed by atoms with Crippen LogP contribution < -0.4 is 0 Å². The molecule has 0 aromatic carbocycles. The van der Waals surface area contributed by atoms with Gasteiger partial charge in [-0.15, -0.1) is 0 Å². The number of halogens is 9. The zero-order valence-electron chi connectivity index (χ0n) is 9.90. The van der Waals surface area contributed by atoms with Crippen LogP contribution in [0.1, 0.15) is 0 Å². The molecule has 0 aromatic rings. The highest BCUT2D eigenvalue weighted by Crippen LogP contribution is 2.63. The van der Waals surface area contributed by atoms with E-state index in [0.717, 1.165) is 19.6 Å². The molecule has 0 aliphatic heterocycles. The predicted octanol–water partition coefficient (Wildman–Crippen LogP) is 4.91. The van der Waals surface area contributed by atoms with Crippen LogP contribution in [-0.4, -0.2) is 31.8 Å². The summed E-state index contributed by atoms with van der Waals surface area (Å²) in [5, 5.41) is -3.92. The number of hydrogen-bond acceptors (Lipinski definition) is 0. The van der Waals surface area contributed by atoms with Gasteiger partial charge in [-0.05, 0) is 0 Å². The van der Waals surface area contributed by atoms with Gasteiger partial charge in [0.2, 0.25) is 0 Å². The summed E-state index contributed by atoms with van der Waals surface area (Å²) in [5.41, 5.74) is 0. The number of allylic oxidation sites excluding steroid dienone is 2. The molecule has 0 saturated heterocycles. The van der Waals surface area contributed by atoms with Gasteiger partial charge in [-0.3, -0.25) is 0 Å². The van der Waals surface area contributed by atoms with Crippen LogP contribution in [0.3, 0.4) is 0 Å². The average molecular weight is 333 g/mol. The topological polar surface area (TPSA) is 0 Å². The summed E-state index contributed by atoms with van der Waals surface area (Å²) in [7, 11) is -3.49. The highest BCUT2D eigenvalue weighted by molar-refractivity contribution is 6.84. The molecule has 0 nitrogen and oxygen atoms in total. The average Bonchev–Trinajstić information content (AvgIpc) is 2.12. The SMILES string of the molecule is C[Si](C)(C)C1=C(Cl)C(F)(F)C(F)(F)C(F)(F)C1(F)F. The molecular weight excluding hydrogens is 324 g/mol. The van der Waals surface area contributed by atoms with Gasteiger partial charge >= 0.3 is 23.7 Å². The fraction of sp³-hybridized carbons (Fsp3) is 0.778. The Morgan fingerprint density at radius 2 is 1.05 bits per heavy atom. The van der Waals surface area contributed by atoms with Gasteiger partial charge in [-0.25, -0.2) is 0 Å². The quantitative estimate of drug-likeness (QED) is 0.473. The van der Waals surface area contributed by atoms with Crippen molar-refractivity contribution in [3.63, 3.8) is 0 Å². The highest BCUT2D eigenvalue weighted by Gasteiger charge is 2.86. The molecule has 0 heterocycles. The Morgan fingerprint density at radius 1 is 0.737 bits per heavy atom. The lowest BCUT2D eigenvalue weighted by Gasteiger charge is -2.45. The van der Waals surface area contributed by atoms with Crippen molar-refractivity contribution in [3.05, 3.63) is 10.2 Å². The Hall–Kier alpha value is -0.313. The van der Waals surface area contributed by atoms with E-state index in [1.54, 1.807) is 0 Å². The minimum atomic E-state index is -6.26. The molecule has 0 unspecified atom stereocenters. The maximum Gasteiger partial charge on any atom is 0.383 e. The third-order valence-corrected chi connectivity index (χ3v) is 5.39. The third-order valence-electron chi connectivity index (χ3n) is 2.74. The second-order valence-corrected chi connectivity index (χ2v) is 10.6. The van der Waals surface area contributed by atoms with E-state index in [0.29, 0.717) is 0 Å². The van der Waals surface area contributed by atoms with Gasteiger partial charge in [0, 0.05) is 5.20 Å². The second kappa shape index (κ2) is 3.87. The largest absolute Gasteiger partial charge is 0.383 e. The van der Waals surface area contributed by atoms with Crippen LogP contribution in [0.25, 0.3) is 0 Å². The molecular formula is C9H9ClF8Si. The van der Waals surface area contributed by atoms with Crippen molar-refractivity contribution in [2.75, 3.05) is 0 Å². The normalized spacial score (nSPS) is 28.4. The van der Waals surface area contributed by atoms with Crippen molar-refractivity contribution >= 4 is 19.7 Å². The molecule has 0 atom stereocenters. The Bertz CT molecular complexity index is 434. The van der Waals surface area contributed by atoms with Gasteiger partial charge in [0.25, 0.3) is 0 Å². The first-order chi connectivity index (χ1) is 8.03. The Balaban J connectivity index is 3.82. The van der Waals surface area contributed by atoms with E-state index in [9.17, 15) is 35.1 Å². The van der Waals surface area contributed by atoms with Crippen LogP contribution in [0.2, 0.25) is 19.6 Å². The Kier molecular flexibility index (Phi) is 3.41. The Labute approximate surface area is 109 Å². The summed E-state index contributed by atoms with van der Waals surface area (Å²) in [6.07, 6.45) is 0. The molecule has 0 saturated carbocycles. The molecule has 0 spiro atoms. The monoisotopic (exact) mass is 332 g/mol. The van der Waals surface area contributed by atoms with E-state index in [2.05, 4.69) is 0 Å². The van der Waals surface area contributed by atoms with E-state index in [4.69, 9.17) is 11.6 Å². The second-order valence-electron chi connectivity index (χ2n) is 5.24. The Morgan fingerprint density at radius 3 is 1.37 bits per heavy atom. The smallest absolute Gasteiger partial charge is 0.195 e. The summed E-state index contributed by atoms with van der Waals surface area (Å²) in [5.74, 6) is -23.4. The number of hydrogen-bond donors (Lipinski definition) is 0. The van der Waals surface area contributed by atoms with E-state index in [1.165, 1.54) is 0 Å². The molecule has 1 aliphatic rings. The zero-order valence-corrected chi connectivity index (χ0v) is 11.7. The maximum absolute atomic E-state index is 13.6. The lowest BCUT2D eigenvalue weighted by atomic mass is 9.91. The van der Waals surface area contributed by atoms with E-state index < -0.39 is 42.0 Å². The van der Waals surface area contributed by atoms with Crippen molar-refractivity contribution in [3.8, 4) is 0 Å². The van der Waals surface area contributed by atoms with E-state index >= 15 is 0 Å². The van der Waals surface area contributed by atoms with Crippen LogP contribution >= 0.6 is 11.6 Å². The molecule has 1 aliphatic carbocycles. The van der Waals surface area contributed by atoms with Crippen LogP contribution in [0.15, 0.2) is 10.2 Å². The summed E-state index contributed by atoms with van der Waals surface area (Å²) in [6.45, 7) is 3.11. The van der Waals surface area contributed by atoms with E-state index in [1.807, 2.05) is 0 Å². The third kappa shape index (κ3) is 1.84.